The van der Waals surface area contributed by atoms with Crippen molar-refractivity contribution < 1.29 is 23.0 Å². The second-order valence-corrected chi connectivity index (χ2v) is 13.5. The number of fused-ring (bicyclic) bond motifs is 1. The quantitative estimate of drug-likeness (QED) is 0.200. The number of hydrogen-bond donors (Lipinski definition) is 1. The molecule has 7 rings (SSSR count). The number of hydrogen-bond acceptors (Lipinski definition) is 10. The second kappa shape index (κ2) is 13.4. The third-order valence-corrected chi connectivity index (χ3v) is 9.22. The lowest BCUT2D eigenvalue weighted by Gasteiger charge is -2.41. The number of aromatic nitrogens is 8. The number of alkyl halides is 2. The van der Waals surface area contributed by atoms with E-state index in [0.717, 1.165) is 44.0 Å². The van der Waals surface area contributed by atoms with Gasteiger partial charge in [-0.15, -0.1) is 16.9 Å². The summed E-state index contributed by atoms with van der Waals surface area (Å²) in [5.74, 6) is -0.536. The summed E-state index contributed by atoms with van der Waals surface area (Å²) < 4.78 is 42.4. The summed E-state index contributed by atoms with van der Waals surface area (Å²) in [6.45, 7) is 4.85. The van der Waals surface area contributed by atoms with Gasteiger partial charge in [-0.1, -0.05) is 19.1 Å². The molecule has 2 aliphatic heterocycles. The Morgan fingerprint density at radius 3 is 2.74 bits per heavy atom. The molecule has 0 bridgehead atoms. The highest BCUT2D eigenvalue weighted by Gasteiger charge is 2.30. The van der Waals surface area contributed by atoms with Gasteiger partial charge in [-0.3, -0.25) is 14.4 Å². The summed E-state index contributed by atoms with van der Waals surface area (Å²) in [5, 5.41) is 20.9. The van der Waals surface area contributed by atoms with Gasteiger partial charge in [-0.2, -0.15) is 19.0 Å². The van der Waals surface area contributed by atoms with Crippen LogP contribution >= 0.6 is 11.8 Å². The Morgan fingerprint density at radius 1 is 1.17 bits per heavy atom. The van der Waals surface area contributed by atoms with Gasteiger partial charge in [0, 0.05) is 47.4 Å². The highest BCUT2D eigenvalue weighted by atomic mass is 32.2. The fourth-order valence-electron chi connectivity index (χ4n) is 5.89. The van der Waals surface area contributed by atoms with E-state index >= 15 is 0 Å². The van der Waals surface area contributed by atoms with E-state index in [1.807, 2.05) is 24.7 Å². The van der Waals surface area contributed by atoms with Crippen molar-refractivity contribution in [2.45, 2.75) is 62.1 Å². The Balaban J connectivity index is 1.19. The van der Waals surface area contributed by atoms with E-state index in [1.54, 1.807) is 53.2 Å². The van der Waals surface area contributed by atoms with Crippen LogP contribution in [0.4, 0.5) is 14.5 Å². The molecule has 0 saturated carbocycles. The third kappa shape index (κ3) is 6.84. The topological polar surface area (TPSA) is 130 Å². The van der Waals surface area contributed by atoms with Gasteiger partial charge in [0.05, 0.1) is 49.9 Å². The minimum Gasteiger partial charge on any atom is -0.434 e. The number of rotatable bonds is 11. The van der Waals surface area contributed by atoms with E-state index in [4.69, 9.17) is 14.6 Å². The van der Waals surface area contributed by atoms with Gasteiger partial charge >= 0.3 is 6.61 Å². The number of nitrogens with one attached hydrogen (secondary N) is 1. The molecule has 16 heteroatoms. The molecule has 5 aromatic rings. The van der Waals surface area contributed by atoms with Crippen molar-refractivity contribution in [1.82, 2.24) is 44.3 Å². The van der Waals surface area contributed by atoms with Crippen molar-refractivity contribution in [3.05, 3.63) is 66.5 Å². The molecule has 0 unspecified atom stereocenters. The number of ether oxygens (including phenoxy) is 2. The predicted molar refractivity (Wildman–Crippen MR) is 170 cm³/mol. The molecule has 6 heterocycles. The number of amides is 1. The molecular formula is C31H34F2N10O3S. The monoisotopic (exact) mass is 664 g/mol. The Hall–Kier alpha value is -4.41. The SMILES string of the molecule is CC(C)Sc1ccc(OC(F)F)c(-c2nn(Cc3cn(C4CCN(C5COC5)CC4)nn3)cc2NC(=O)c2cnn3cccnc23)c1. The van der Waals surface area contributed by atoms with Crippen LogP contribution < -0.4 is 10.1 Å². The first-order valence-corrected chi connectivity index (χ1v) is 16.3. The highest BCUT2D eigenvalue weighted by Crippen LogP contribution is 2.39. The second-order valence-electron chi connectivity index (χ2n) is 11.8. The molecule has 0 aliphatic carbocycles. The van der Waals surface area contributed by atoms with E-state index in [0.29, 0.717) is 28.6 Å². The number of likely N-dealkylation sites (tertiary alicyclic amines) is 1. The standard InChI is InChI=1S/C31H34F2N10O3S/c1-19(2)47-23-4-5-27(46-31(32)33)24(12-23)28-26(36-30(44)25-13-35-42-9-3-8-34-29(25)42)16-41(38-28)14-20-15-43(39-37-20)21-6-10-40(11-7-21)22-17-45-18-22/h3-5,8-9,12-13,15-16,19,21-22,31H,6-7,10-11,14,17-18H2,1-2H3,(H,36,44). The minimum atomic E-state index is -3.05. The Kier molecular flexibility index (Phi) is 8.88. The molecule has 1 amide bonds. The van der Waals surface area contributed by atoms with Gasteiger partial charge in [0.15, 0.2) is 5.65 Å². The van der Waals surface area contributed by atoms with Gasteiger partial charge in [0.2, 0.25) is 0 Å². The van der Waals surface area contributed by atoms with Crippen molar-refractivity contribution in [2.24, 2.45) is 0 Å². The lowest BCUT2D eigenvalue weighted by atomic mass is 10.0. The molecule has 1 N–H and O–H groups in total. The first kappa shape index (κ1) is 31.2. The van der Waals surface area contributed by atoms with Gasteiger partial charge in [0.1, 0.15) is 22.7 Å². The molecule has 13 nitrogen and oxygen atoms in total. The van der Waals surface area contributed by atoms with Crippen LogP contribution in [0.1, 0.15) is 48.8 Å². The Morgan fingerprint density at radius 2 is 2.00 bits per heavy atom. The van der Waals surface area contributed by atoms with Gasteiger partial charge < -0.3 is 14.8 Å². The first-order chi connectivity index (χ1) is 22.8. The van der Waals surface area contributed by atoms with E-state index in [-0.39, 0.29) is 34.8 Å². The van der Waals surface area contributed by atoms with E-state index < -0.39 is 12.5 Å². The highest BCUT2D eigenvalue weighted by molar-refractivity contribution is 7.99. The first-order valence-electron chi connectivity index (χ1n) is 15.5. The number of halogens is 2. The zero-order valence-electron chi connectivity index (χ0n) is 25.9. The van der Waals surface area contributed by atoms with Crippen LogP contribution in [0.25, 0.3) is 16.9 Å². The van der Waals surface area contributed by atoms with Crippen molar-refractivity contribution in [3.8, 4) is 17.0 Å². The molecule has 4 aromatic heterocycles. The molecule has 2 saturated heterocycles. The summed E-state index contributed by atoms with van der Waals surface area (Å²) in [7, 11) is 0. The lowest BCUT2D eigenvalue weighted by molar-refractivity contribution is -0.0734. The van der Waals surface area contributed by atoms with Gasteiger partial charge in [0.25, 0.3) is 5.91 Å². The predicted octanol–water partition coefficient (Wildman–Crippen LogP) is 4.62. The third-order valence-electron chi connectivity index (χ3n) is 8.22. The Labute approximate surface area is 273 Å². The molecule has 0 spiro atoms. The molecule has 246 valence electrons. The summed E-state index contributed by atoms with van der Waals surface area (Å²) >= 11 is 1.57. The fourth-order valence-corrected chi connectivity index (χ4v) is 6.76. The number of anilines is 1. The number of nitrogens with zero attached hydrogens (tertiary/aromatic N) is 9. The van der Waals surface area contributed by atoms with Crippen LogP contribution in [-0.4, -0.2) is 94.4 Å². The molecule has 0 radical (unpaired) electrons. The van der Waals surface area contributed by atoms with Crippen molar-refractivity contribution in [1.29, 1.82) is 0 Å². The van der Waals surface area contributed by atoms with Crippen LogP contribution in [0.3, 0.4) is 0 Å². The van der Waals surface area contributed by atoms with E-state index in [2.05, 4.69) is 30.6 Å². The summed E-state index contributed by atoms with van der Waals surface area (Å²) in [5.41, 5.74) is 2.18. The van der Waals surface area contributed by atoms with E-state index in [1.165, 1.54) is 16.8 Å². The van der Waals surface area contributed by atoms with E-state index in [9.17, 15) is 13.6 Å². The number of carbonyl (C=O) groups excluding carboxylic acids is 1. The average Bonchev–Trinajstić information content (AvgIpc) is 3.76. The van der Waals surface area contributed by atoms with Crippen molar-refractivity contribution in [2.75, 3.05) is 31.6 Å². The normalized spacial score (nSPS) is 16.3. The van der Waals surface area contributed by atoms with Crippen LogP contribution in [0.5, 0.6) is 5.75 Å². The molecule has 0 atom stereocenters. The molecule has 1 aromatic carbocycles. The molecule has 2 fully saturated rings. The maximum Gasteiger partial charge on any atom is 0.387 e. The number of benzene rings is 1. The molecular weight excluding hydrogens is 630 g/mol. The number of carbonyl (C=O) groups is 1. The van der Waals surface area contributed by atoms with Crippen LogP contribution in [0.15, 0.2) is 60.1 Å². The van der Waals surface area contributed by atoms with Crippen LogP contribution in [0, 0.1) is 0 Å². The van der Waals surface area contributed by atoms with Gasteiger partial charge in [-0.05, 0) is 37.1 Å². The van der Waals surface area contributed by atoms with Crippen LogP contribution in [-0.2, 0) is 11.3 Å². The average molecular weight is 665 g/mol. The molecule has 47 heavy (non-hydrogen) atoms. The zero-order chi connectivity index (χ0) is 32.5. The van der Waals surface area contributed by atoms with Crippen molar-refractivity contribution >= 4 is 29.0 Å². The lowest BCUT2D eigenvalue weighted by Crippen LogP contribution is -2.51. The summed E-state index contributed by atoms with van der Waals surface area (Å²) in [6.07, 6.45) is 10.2. The van der Waals surface area contributed by atoms with Crippen molar-refractivity contribution in [3.63, 3.8) is 0 Å². The number of thioether (sulfide) groups is 1. The zero-order valence-corrected chi connectivity index (χ0v) is 26.7. The van der Waals surface area contributed by atoms with Crippen LogP contribution in [0.2, 0.25) is 0 Å². The largest absolute Gasteiger partial charge is 0.434 e. The maximum atomic E-state index is 13.5. The summed E-state index contributed by atoms with van der Waals surface area (Å²) in [4.78, 5) is 21.1. The summed E-state index contributed by atoms with van der Waals surface area (Å²) in [6, 6.07) is 7.45. The molecule has 2 aliphatic rings. The maximum absolute atomic E-state index is 13.5. The van der Waals surface area contributed by atoms with Gasteiger partial charge in [-0.25, -0.2) is 14.2 Å². The minimum absolute atomic E-state index is 0.0581. The Bertz CT molecular complexity index is 1860. The fraction of sp³-hybridized carbons (Fsp3) is 0.419. The number of piperidine rings is 1. The smallest absolute Gasteiger partial charge is 0.387 e.